The molecular weight excluding hydrogens is 416 g/mol. The molecule has 13 heteroatoms. The molecule has 0 spiro atoms. The van der Waals surface area contributed by atoms with E-state index in [-0.39, 0.29) is 16.3 Å². The Morgan fingerprint density at radius 3 is 2.33 bits per heavy atom. The highest BCUT2D eigenvalue weighted by atomic mass is 32.2. The summed E-state index contributed by atoms with van der Waals surface area (Å²) in [6.07, 6.45) is 0. The molecule has 3 N–H and O–H groups in total. The van der Waals surface area contributed by atoms with E-state index in [1.807, 2.05) is 0 Å². The first-order valence-corrected chi connectivity index (χ1v) is 9.90. The zero-order chi connectivity index (χ0) is 21.9. The molecule has 0 aliphatic rings. The summed E-state index contributed by atoms with van der Waals surface area (Å²) >= 11 is 0. The van der Waals surface area contributed by atoms with Crippen LogP contribution in [-0.4, -0.2) is 48.3 Å². The maximum Gasteiger partial charge on any atom is 0.368 e. The third kappa shape index (κ3) is 4.25. The Kier molecular flexibility index (Phi) is 5.73. The normalized spacial score (nSPS) is 11.1. The maximum absolute atomic E-state index is 12.7. The fraction of sp³-hybridized carbons (Fsp3) is 0.176. The van der Waals surface area contributed by atoms with Crippen LogP contribution in [0.25, 0.3) is 5.69 Å². The standard InChI is InChI=1S/C17H18N6O6S/c1-28-14-8-7-13(9-15(14)29-2)30(26,27)19-11-3-5-12(6-4-11)23-17(25)22(20-21-23)10-16(18)24/h3-9,19H,10H2,1-2H3,(H2,18,24). The van der Waals surface area contributed by atoms with Crippen LogP contribution >= 0.6 is 0 Å². The number of ether oxygens (including phenoxy) is 2. The van der Waals surface area contributed by atoms with Gasteiger partial charge in [0.2, 0.25) is 5.91 Å². The number of sulfonamides is 1. The molecule has 0 aliphatic heterocycles. The van der Waals surface area contributed by atoms with Gasteiger partial charge in [0.25, 0.3) is 10.0 Å². The summed E-state index contributed by atoms with van der Waals surface area (Å²) in [7, 11) is -1.05. The lowest BCUT2D eigenvalue weighted by atomic mass is 10.3. The molecule has 0 bridgehead atoms. The van der Waals surface area contributed by atoms with Gasteiger partial charge in [-0.1, -0.05) is 0 Å². The van der Waals surface area contributed by atoms with Gasteiger partial charge in [0.1, 0.15) is 6.54 Å². The van der Waals surface area contributed by atoms with E-state index in [4.69, 9.17) is 15.2 Å². The number of primary amides is 1. The van der Waals surface area contributed by atoms with Crippen LogP contribution in [0.4, 0.5) is 5.69 Å². The van der Waals surface area contributed by atoms with Crippen molar-refractivity contribution in [1.29, 1.82) is 0 Å². The summed E-state index contributed by atoms with van der Waals surface area (Å²) in [5.74, 6) is -0.0613. The molecule has 0 atom stereocenters. The largest absolute Gasteiger partial charge is 0.493 e. The van der Waals surface area contributed by atoms with Crippen molar-refractivity contribution in [2.24, 2.45) is 5.73 Å². The van der Waals surface area contributed by atoms with Gasteiger partial charge in [0.05, 0.1) is 24.8 Å². The lowest BCUT2D eigenvalue weighted by molar-refractivity contribution is -0.118. The van der Waals surface area contributed by atoms with Crippen molar-refractivity contribution >= 4 is 21.6 Å². The van der Waals surface area contributed by atoms with E-state index in [1.165, 1.54) is 56.7 Å². The third-order valence-corrected chi connectivity index (χ3v) is 5.35. The smallest absolute Gasteiger partial charge is 0.368 e. The second-order valence-electron chi connectivity index (χ2n) is 5.97. The molecular formula is C17H18N6O6S. The predicted molar refractivity (Wildman–Crippen MR) is 105 cm³/mol. The number of tetrazole rings is 1. The number of carbonyl (C=O) groups is 1. The minimum atomic E-state index is -3.90. The Labute approximate surface area is 170 Å². The summed E-state index contributed by atoms with van der Waals surface area (Å²) in [5.41, 5.74) is 4.97. The molecule has 0 saturated heterocycles. The fourth-order valence-electron chi connectivity index (χ4n) is 2.55. The number of methoxy groups -OCH3 is 2. The van der Waals surface area contributed by atoms with Crippen molar-refractivity contribution in [3.63, 3.8) is 0 Å². The number of aromatic nitrogens is 4. The average molecular weight is 434 g/mol. The molecule has 0 radical (unpaired) electrons. The molecule has 12 nitrogen and oxygen atoms in total. The lowest BCUT2D eigenvalue weighted by Gasteiger charge is -2.12. The van der Waals surface area contributed by atoms with Crippen molar-refractivity contribution in [2.45, 2.75) is 11.4 Å². The van der Waals surface area contributed by atoms with Crippen LogP contribution in [-0.2, 0) is 21.4 Å². The van der Waals surface area contributed by atoms with Gasteiger partial charge in [-0.25, -0.2) is 13.2 Å². The van der Waals surface area contributed by atoms with Crippen molar-refractivity contribution in [3.8, 4) is 17.2 Å². The molecule has 158 valence electrons. The fourth-order valence-corrected chi connectivity index (χ4v) is 3.63. The number of benzene rings is 2. The number of nitrogens with one attached hydrogen (secondary N) is 1. The molecule has 3 aromatic rings. The first kappa shape index (κ1) is 20.9. The average Bonchev–Trinajstić information content (AvgIpc) is 3.07. The van der Waals surface area contributed by atoms with Crippen LogP contribution in [0.5, 0.6) is 11.5 Å². The zero-order valence-corrected chi connectivity index (χ0v) is 16.8. The Bertz CT molecular complexity index is 1230. The van der Waals surface area contributed by atoms with Crippen LogP contribution in [0.1, 0.15) is 0 Å². The molecule has 0 aliphatic carbocycles. The van der Waals surface area contributed by atoms with Crippen molar-refractivity contribution < 1.29 is 22.7 Å². The number of hydrogen-bond donors (Lipinski definition) is 2. The van der Waals surface area contributed by atoms with Crippen molar-refractivity contribution in [1.82, 2.24) is 19.8 Å². The number of carbonyl (C=O) groups excluding carboxylic acids is 1. The van der Waals surface area contributed by atoms with Gasteiger partial charge < -0.3 is 15.2 Å². The minimum absolute atomic E-state index is 0.0187. The number of hydrogen-bond acceptors (Lipinski definition) is 8. The number of nitrogens with zero attached hydrogens (tertiary/aromatic N) is 4. The van der Waals surface area contributed by atoms with Gasteiger partial charge in [-0.15, -0.1) is 0 Å². The van der Waals surface area contributed by atoms with E-state index in [1.54, 1.807) is 0 Å². The highest BCUT2D eigenvalue weighted by Gasteiger charge is 2.18. The zero-order valence-electron chi connectivity index (χ0n) is 16.0. The number of anilines is 1. The highest BCUT2D eigenvalue weighted by molar-refractivity contribution is 7.92. The van der Waals surface area contributed by atoms with Crippen LogP contribution in [0.2, 0.25) is 0 Å². The van der Waals surface area contributed by atoms with Crippen LogP contribution in [0.15, 0.2) is 52.2 Å². The Morgan fingerprint density at radius 2 is 1.73 bits per heavy atom. The van der Waals surface area contributed by atoms with Crippen LogP contribution in [0, 0.1) is 0 Å². The van der Waals surface area contributed by atoms with Gasteiger partial charge in [0.15, 0.2) is 11.5 Å². The molecule has 0 saturated carbocycles. The van der Waals surface area contributed by atoms with Crippen molar-refractivity contribution in [2.75, 3.05) is 18.9 Å². The van der Waals surface area contributed by atoms with Crippen molar-refractivity contribution in [3.05, 3.63) is 52.9 Å². The molecule has 1 aromatic heterocycles. The van der Waals surface area contributed by atoms with Gasteiger partial charge >= 0.3 is 5.69 Å². The van der Waals surface area contributed by atoms with Gasteiger partial charge in [-0.3, -0.25) is 9.52 Å². The summed E-state index contributed by atoms with van der Waals surface area (Å²) in [6.45, 7) is -0.401. The highest BCUT2D eigenvalue weighted by Crippen LogP contribution is 2.30. The first-order chi connectivity index (χ1) is 14.2. The second-order valence-corrected chi connectivity index (χ2v) is 7.65. The summed E-state index contributed by atoms with van der Waals surface area (Å²) in [4.78, 5) is 23.1. The SMILES string of the molecule is COc1ccc(S(=O)(=O)Nc2ccc(-n3nnn(CC(N)=O)c3=O)cc2)cc1OC. The molecule has 0 fully saturated rings. The summed E-state index contributed by atoms with van der Waals surface area (Å²) in [5, 5.41) is 7.24. The molecule has 2 aromatic carbocycles. The predicted octanol–water partition coefficient (Wildman–Crippen LogP) is -0.268. The van der Waals surface area contributed by atoms with Gasteiger partial charge in [0, 0.05) is 11.8 Å². The van der Waals surface area contributed by atoms with Crippen LogP contribution < -0.4 is 25.6 Å². The molecule has 3 rings (SSSR count). The number of nitrogens with two attached hydrogens (primary N) is 1. The minimum Gasteiger partial charge on any atom is -0.493 e. The molecule has 0 unspecified atom stereocenters. The third-order valence-electron chi connectivity index (χ3n) is 3.97. The first-order valence-electron chi connectivity index (χ1n) is 8.41. The number of amides is 1. The molecule has 30 heavy (non-hydrogen) atoms. The quantitative estimate of drug-likeness (QED) is 0.490. The van der Waals surface area contributed by atoms with E-state index in [2.05, 4.69) is 15.1 Å². The van der Waals surface area contributed by atoms with E-state index in [9.17, 15) is 18.0 Å². The number of rotatable bonds is 8. The second kappa shape index (κ2) is 8.24. The Balaban J connectivity index is 1.83. The Hall–Kier alpha value is -3.87. The summed E-state index contributed by atoms with van der Waals surface area (Å²) < 4.78 is 39.7. The van der Waals surface area contributed by atoms with E-state index < -0.39 is 28.2 Å². The maximum atomic E-state index is 12.7. The van der Waals surface area contributed by atoms with Gasteiger partial charge in [-0.2, -0.15) is 9.36 Å². The Morgan fingerprint density at radius 1 is 1.07 bits per heavy atom. The van der Waals surface area contributed by atoms with Crippen LogP contribution in [0.3, 0.4) is 0 Å². The lowest BCUT2D eigenvalue weighted by Crippen LogP contribution is -2.30. The van der Waals surface area contributed by atoms with Gasteiger partial charge in [-0.05, 0) is 46.8 Å². The monoisotopic (exact) mass is 434 g/mol. The van der Waals surface area contributed by atoms with E-state index in [0.717, 1.165) is 9.36 Å². The topological polar surface area (TPSA) is 160 Å². The molecule has 1 heterocycles. The van der Waals surface area contributed by atoms with E-state index >= 15 is 0 Å². The molecule has 1 amide bonds. The van der Waals surface area contributed by atoms with E-state index in [0.29, 0.717) is 11.4 Å². The summed E-state index contributed by atoms with van der Waals surface area (Å²) in [6, 6.07) is 10.0.